The second kappa shape index (κ2) is 4.89. The summed E-state index contributed by atoms with van der Waals surface area (Å²) in [5.74, 6) is 0.919. The fourth-order valence-corrected chi connectivity index (χ4v) is 4.01. The molecule has 7 heteroatoms. The maximum atomic E-state index is 11.4. The van der Waals surface area contributed by atoms with Crippen LogP contribution in [0.2, 0.25) is 0 Å². The molecule has 1 aliphatic heterocycles. The van der Waals surface area contributed by atoms with Gasteiger partial charge in [0.05, 0.1) is 23.1 Å². The first-order valence-corrected chi connectivity index (χ1v) is 8.30. The van der Waals surface area contributed by atoms with Gasteiger partial charge < -0.3 is 4.90 Å². The summed E-state index contributed by atoms with van der Waals surface area (Å²) in [7, 11) is -2.85. The molecule has 90 valence electrons. The maximum absolute atomic E-state index is 11.4. The monoisotopic (exact) mass is 280 g/mol. The van der Waals surface area contributed by atoms with Gasteiger partial charge in [-0.15, -0.1) is 22.9 Å². The maximum Gasteiger partial charge on any atom is 0.185 e. The van der Waals surface area contributed by atoms with E-state index in [0.29, 0.717) is 18.8 Å². The van der Waals surface area contributed by atoms with E-state index < -0.39 is 9.84 Å². The van der Waals surface area contributed by atoms with Gasteiger partial charge in [-0.25, -0.2) is 13.4 Å². The fourth-order valence-electron chi connectivity index (χ4n) is 1.63. The zero-order valence-electron chi connectivity index (χ0n) is 8.73. The highest BCUT2D eigenvalue weighted by Gasteiger charge is 2.20. The van der Waals surface area contributed by atoms with Gasteiger partial charge in [0.15, 0.2) is 15.0 Å². The highest BCUT2D eigenvalue weighted by Crippen LogP contribution is 2.22. The number of sulfone groups is 1. The molecule has 2 heterocycles. The number of halogens is 1. The molecule has 0 saturated carbocycles. The Bertz CT molecular complexity index is 458. The van der Waals surface area contributed by atoms with Crippen LogP contribution in [0.3, 0.4) is 0 Å². The predicted molar refractivity (Wildman–Crippen MR) is 67.2 cm³/mol. The molecule has 1 aromatic rings. The summed E-state index contributed by atoms with van der Waals surface area (Å²) in [5, 5.41) is 2.80. The van der Waals surface area contributed by atoms with Crippen molar-refractivity contribution in [2.45, 2.75) is 12.3 Å². The lowest BCUT2D eigenvalue weighted by Gasteiger charge is -2.17. The molecular formula is C9H13ClN2O2S2. The third kappa shape index (κ3) is 2.87. The molecule has 0 N–H and O–H groups in total. The largest absolute Gasteiger partial charge is 0.347 e. The van der Waals surface area contributed by atoms with Gasteiger partial charge in [0.1, 0.15) is 0 Å². The van der Waals surface area contributed by atoms with Crippen molar-refractivity contribution in [3.63, 3.8) is 0 Å². The SMILES string of the molecule is O=S1(=O)CCCN(c2nc(CCl)cs2)CC1. The van der Waals surface area contributed by atoms with Gasteiger partial charge in [0.2, 0.25) is 0 Å². The van der Waals surface area contributed by atoms with Crippen LogP contribution in [0.5, 0.6) is 0 Å². The number of hydrogen-bond acceptors (Lipinski definition) is 5. The molecule has 4 nitrogen and oxygen atoms in total. The van der Waals surface area contributed by atoms with E-state index in [4.69, 9.17) is 11.6 Å². The topological polar surface area (TPSA) is 50.3 Å². The third-order valence-electron chi connectivity index (χ3n) is 2.50. The van der Waals surface area contributed by atoms with Crippen LogP contribution in [-0.2, 0) is 15.7 Å². The van der Waals surface area contributed by atoms with Crippen LogP contribution in [0.15, 0.2) is 5.38 Å². The van der Waals surface area contributed by atoms with Crippen LogP contribution in [0, 0.1) is 0 Å². The third-order valence-corrected chi connectivity index (χ3v) is 5.44. The Labute approximate surface area is 104 Å². The van der Waals surface area contributed by atoms with Crippen molar-refractivity contribution in [2.75, 3.05) is 29.5 Å². The Morgan fingerprint density at radius 2 is 2.25 bits per heavy atom. The molecule has 0 unspecified atom stereocenters. The molecule has 1 aliphatic rings. The van der Waals surface area contributed by atoms with E-state index in [9.17, 15) is 8.42 Å². The first kappa shape index (κ1) is 12.1. The Kier molecular flexibility index (Phi) is 3.71. The normalized spacial score (nSPS) is 20.7. The molecule has 0 radical (unpaired) electrons. The van der Waals surface area contributed by atoms with Gasteiger partial charge in [-0.3, -0.25) is 0 Å². The summed E-state index contributed by atoms with van der Waals surface area (Å²) in [4.78, 5) is 6.39. The van der Waals surface area contributed by atoms with Crippen molar-refractivity contribution in [2.24, 2.45) is 0 Å². The van der Waals surface area contributed by atoms with Crippen LogP contribution in [0.1, 0.15) is 12.1 Å². The van der Waals surface area contributed by atoms with Gasteiger partial charge in [0, 0.05) is 18.5 Å². The number of thiazole rings is 1. The van der Waals surface area contributed by atoms with Crippen molar-refractivity contribution >= 4 is 37.9 Å². The standard InChI is InChI=1S/C9H13ClN2O2S2/c10-6-8-7-15-9(11-8)12-2-1-4-16(13,14)5-3-12/h7H,1-6H2. The van der Waals surface area contributed by atoms with Crippen molar-refractivity contribution in [3.05, 3.63) is 11.1 Å². The number of alkyl halides is 1. The van der Waals surface area contributed by atoms with Gasteiger partial charge in [-0.1, -0.05) is 0 Å². The molecule has 16 heavy (non-hydrogen) atoms. The average molecular weight is 281 g/mol. The molecule has 0 spiro atoms. The van der Waals surface area contributed by atoms with Crippen LogP contribution in [0.4, 0.5) is 5.13 Å². The Morgan fingerprint density at radius 1 is 1.44 bits per heavy atom. The van der Waals surface area contributed by atoms with E-state index in [2.05, 4.69) is 4.98 Å². The van der Waals surface area contributed by atoms with Gasteiger partial charge in [-0.05, 0) is 6.42 Å². The number of anilines is 1. The summed E-state index contributed by atoms with van der Waals surface area (Å²) >= 11 is 7.21. The number of nitrogens with zero attached hydrogens (tertiary/aromatic N) is 2. The minimum atomic E-state index is -2.85. The lowest BCUT2D eigenvalue weighted by atomic mass is 10.4. The fraction of sp³-hybridized carbons (Fsp3) is 0.667. The molecule has 1 fully saturated rings. The first-order valence-electron chi connectivity index (χ1n) is 5.06. The molecule has 0 atom stereocenters. The zero-order chi connectivity index (χ0) is 11.6. The highest BCUT2D eigenvalue weighted by atomic mass is 35.5. The zero-order valence-corrected chi connectivity index (χ0v) is 11.1. The minimum Gasteiger partial charge on any atom is -0.347 e. The van der Waals surface area contributed by atoms with Gasteiger partial charge in [-0.2, -0.15) is 0 Å². The van der Waals surface area contributed by atoms with E-state index in [1.807, 2.05) is 10.3 Å². The molecule has 0 amide bonds. The smallest absolute Gasteiger partial charge is 0.185 e. The van der Waals surface area contributed by atoms with Crippen LogP contribution in [-0.4, -0.2) is 38.0 Å². The highest BCUT2D eigenvalue weighted by molar-refractivity contribution is 7.91. The number of aromatic nitrogens is 1. The first-order chi connectivity index (χ1) is 7.61. The molecule has 1 aromatic heterocycles. The lowest BCUT2D eigenvalue weighted by molar-refractivity contribution is 0.597. The Hall–Kier alpha value is -0.330. The minimum absolute atomic E-state index is 0.225. The average Bonchev–Trinajstić information content (AvgIpc) is 2.64. The predicted octanol–water partition coefficient (Wildman–Crippen LogP) is 1.51. The summed E-state index contributed by atoms with van der Waals surface area (Å²) in [6, 6.07) is 0. The Morgan fingerprint density at radius 3 is 2.94 bits per heavy atom. The molecule has 1 saturated heterocycles. The van der Waals surface area contributed by atoms with Crippen molar-refractivity contribution in [1.29, 1.82) is 0 Å². The van der Waals surface area contributed by atoms with E-state index in [-0.39, 0.29) is 11.5 Å². The van der Waals surface area contributed by atoms with Crippen molar-refractivity contribution in [3.8, 4) is 0 Å². The molecule has 2 rings (SSSR count). The second-order valence-electron chi connectivity index (χ2n) is 3.75. The molecule has 0 aromatic carbocycles. The van der Waals surface area contributed by atoms with Crippen LogP contribution < -0.4 is 4.90 Å². The van der Waals surface area contributed by atoms with Gasteiger partial charge in [0.25, 0.3) is 0 Å². The van der Waals surface area contributed by atoms with Crippen LogP contribution >= 0.6 is 22.9 Å². The van der Waals surface area contributed by atoms with E-state index >= 15 is 0 Å². The van der Waals surface area contributed by atoms with E-state index in [1.165, 1.54) is 11.3 Å². The molecular weight excluding hydrogens is 268 g/mol. The van der Waals surface area contributed by atoms with Crippen molar-refractivity contribution < 1.29 is 8.42 Å². The van der Waals surface area contributed by atoms with Crippen molar-refractivity contribution in [1.82, 2.24) is 4.98 Å². The van der Waals surface area contributed by atoms with E-state index in [0.717, 1.165) is 17.4 Å². The Balaban J connectivity index is 2.10. The van der Waals surface area contributed by atoms with E-state index in [1.54, 1.807) is 0 Å². The lowest BCUT2D eigenvalue weighted by Crippen LogP contribution is -2.26. The molecule has 0 bridgehead atoms. The van der Waals surface area contributed by atoms with Gasteiger partial charge >= 0.3 is 0 Å². The summed E-state index contributed by atoms with van der Waals surface area (Å²) in [5.41, 5.74) is 0.855. The second-order valence-corrected chi connectivity index (χ2v) is 7.15. The summed E-state index contributed by atoms with van der Waals surface area (Å²) in [6.07, 6.45) is 0.679. The summed E-state index contributed by atoms with van der Waals surface area (Å²) in [6.45, 7) is 1.30. The molecule has 0 aliphatic carbocycles. The summed E-state index contributed by atoms with van der Waals surface area (Å²) < 4.78 is 22.9. The van der Waals surface area contributed by atoms with Crippen LogP contribution in [0.25, 0.3) is 0 Å². The number of hydrogen-bond donors (Lipinski definition) is 0. The quantitative estimate of drug-likeness (QED) is 0.771. The number of rotatable bonds is 2.